The third kappa shape index (κ3) is 3.42. The molecule has 0 amide bonds. The highest BCUT2D eigenvalue weighted by Gasteiger charge is 2.40. The van der Waals surface area contributed by atoms with Crippen molar-refractivity contribution >= 4 is 67.1 Å². The number of nitriles is 3. The van der Waals surface area contributed by atoms with Gasteiger partial charge in [-0.25, -0.2) is 4.85 Å². The maximum Gasteiger partial charge on any atom is 0.332 e. The zero-order valence-electron chi connectivity index (χ0n) is 24.8. The maximum absolute atomic E-state index is 10.5. The molecule has 0 saturated carbocycles. The van der Waals surface area contributed by atoms with Gasteiger partial charge >= 0.3 is 6.85 Å². The molecule has 6 nitrogen and oxygen atoms in total. The van der Waals surface area contributed by atoms with Gasteiger partial charge in [0, 0.05) is 21.8 Å². The molecule has 2 aromatic heterocycles. The summed E-state index contributed by atoms with van der Waals surface area (Å²) in [6.45, 7) is 14.0. The van der Waals surface area contributed by atoms with Crippen LogP contribution in [0.5, 0.6) is 0 Å². The molecule has 7 aromatic rings. The zero-order chi connectivity index (χ0) is 31.2. The van der Waals surface area contributed by atoms with Gasteiger partial charge in [-0.2, -0.15) is 15.8 Å². The average Bonchev–Trinajstić information content (AvgIpc) is 3.57. The van der Waals surface area contributed by atoms with Crippen LogP contribution >= 0.6 is 0 Å². The van der Waals surface area contributed by atoms with E-state index in [0.29, 0.717) is 44.2 Å². The van der Waals surface area contributed by atoms with Gasteiger partial charge in [-0.05, 0) is 63.7 Å². The molecule has 3 heterocycles. The number of fused-ring (bicyclic) bond motifs is 8. The highest BCUT2D eigenvalue weighted by molar-refractivity contribution is 6.88. The fourth-order valence-electron chi connectivity index (χ4n) is 7.46. The molecule has 1 aliphatic rings. The van der Waals surface area contributed by atoms with E-state index < -0.39 is 6.85 Å². The zero-order valence-corrected chi connectivity index (χ0v) is 24.8. The van der Waals surface area contributed by atoms with Crippen LogP contribution in [0.4, 0.5) is 5.69 Å². The second kappa shape index (κ2) is 9.11. The monoisotopic (exact) mass is 574 g/mol. The largest absolute Gasteiger partial charge is 0.374 e. The minimum Gasteiger partial charge on any atom is -0.374 e. The van der Waals surface area contributed by atoms with E-state index >= 15 is 0 Å². The first-order chi connectivity index (χ1) is 21.8. The molecule has 0 aliphatic carbocycles. The Labute approximate surface area is 260 Å². The number of para-hydroxylation sites is 2. The van der Waals surface area contributed by atoms with E-state index in [-0.39, 0.29) is 5.41 Å². The molecule has 8 rings (SSSR count). The van der Waals surface area contributed by atoms with Gasteiger partial charge in [0.25, 0.3) is 0 Å². The van der Waals surface area contributed by atoms with Crippen molar-refractivity contribution < 1.29 is 0 Å². The molecule has 0 atom stereocenters. The molecule has 45 heavy (non-hydrogen) atoms. The van der Waals surface area contributed by atoms with Crippen molar-refractivity contribution in [2.45, 2.75) is 26.2 Å². The SMILES string of the molecule is [C-]#[N+]c1cc(C#N)c2c(c1)c1cc(C#N)cc(C#N)c1n2B1c2ccccc2-n2c3ccccc3c3ccc(C(C)(C)C)c1c32. The van der Waals surface area contributed by atoms with E-state index in [1.54, 1.807) is 24.3 Å². The molecule has 7 heteroatoms. The van der Waals surface area contributed by atoms with Crippen molar-refractivity contribution in [2.75, 3.05) is 0 Å². The van der Waals surface area contributed by atoms with E-state index in [4.69, 9.17) is 6.57 Å². The number of hydrogen-bond donors (Lipinski definition) is 0. The molecular weight excluding hydrogens is 551 g/mol. The Bertz CT molecular complexity index is 2550. The summed E-state index contributed by atoms with van der Waals surface area (Å²) in [7, 11) is 0. The lowest BCUT2D eigenvalue weighted by Crippen LogP contribution is -2.55. The van der Waals surface area contributed by atoms with E-state index in [9.17, 15) is 15.8 Å². The normalized spacial score (nSPS) is 12.2. The maximum atomic E-state index is 10.5. The number of rotatable bonds is 1. The summed E-state index contributed by atoms with van der Waals surface area (Å²) in [6.07, 6.45) is 0. The van der Waals surface area contributed by atoms with E-state index in [2.05, 4.69) is 101 Å². The van der Waals surface area contributed by atoms with Crippen LogP contribution in [0.25, 0.3) is 54.1 Å². The summed E-state index contributed by atoms with van der Waals surface area (Å²) in [5.41, 5.74) is 9.00. The number of nitrogens with zero attached hydrogens (tertiary/aromatic N) is 6. The van der Waals surface area contributed by atoms with Crippen molar-refractivity contribution in [2.24, 2.45) is 0 Å². The Kier molecular flexibility index (Phi) is 5.34. The molecule has 208 valence electrons. The standard InChI is InChI=1S/C38H23BN6/c1-38(2,3)30-14-13-27-26-9-5-7-11-32(26)44-33-12-8-6-10-31(33)39(34(30)37(27)44)45-35-23(20-41)15-22(19-40)16-28(35)29-18-25(43-4)17-24(21-42)36(29)45/h5-18H,1-3H3. The lowest BCUT2D eigenvalue weighted by molar-refractivity contribution is 0.594. The highest BCUT2D eigenvalue weighted by Crippen LogP contribution is 2.41. The number of hydrogen-bond acceptors (Lipinski definition) is 3. The molecule has 0 spiro atoms. The molecular formula is C38H23BN6. The second-order valence-corrected chi connectivity index (χ2v) is 12.6. The summed E-state index contributed by atoms with van der Waals surface area (Å²) in [5, 5.41) is 34.6. The second-order valence-electron chi connectivity index (χ2n) is 12.6. The predicted octanol–water partition coefficient (Wildman–Crippen LogP) is 7.32. The number of benzene rings is 5. The lowest BCUT2D eigenvalue weighted by atomic mass is 9.46. The summed E-state index contributed by atoms with van der Waals surface area (Å²) in [5.74, 6) is 0. The molecule has 1 aliphatic heterocycles. The average molecular weight is 574 g/mol. The molecule has 0 radical (unpaired) electrons. The van der Waals surface area contributed by atoms with Gasteiger partial charge in [-0.15, -0.1) is 0 Å². The fraction of sp³-hybridized carbons (Fsp3) is 0.105. The summed E-state index contributed by atoms with van der Waals surface area (Å²) >= 11 is 0. The Hall–Kier alpha value is -6.28. The number of aromatic nitrogens is 2. The lowest BCUT2D eigenvalue weighted by Gasteiger charge is -2.33. The minimum atomic E-state index is -0.415. The van der Waals surface area contributed by atoms with Crippen molar-refractivity contribution in [3.63, 3.8) is 0 Å². The Morgan fingerprint density at radius 1 is 0.711 bits per heavy atom. The minimum absolute atomic E-state index is 0.241. The molecule has 0 bridgehead atoms. The first-order valence-electron chi connectivity index (χ1n) is 14.7. The first kappa shape index (κ1) is 26.4. The van der Waals surface area contributed by atoms with Crippen LogP contribution in [0.3, 0.4) is 0 Å². The van der Waals surface area contributed by atoms with E-state index in [1.807, 2.05) is 12.1 Å². The van der Waals surface area contributed by atoms with Crippen LogP contribution in [-0.2, 0) is 5.41 Å². The van der Waals surface area contributed by atoms with Gasteiger partial charge in [0.1, 0.15) is 6.07 Å². The molecule has 0 fully saturated rings. The Balaban J connectivity index is 1.69. The first-order valence-corrected chi connectivity index (χ1v) is 14.7. The van der Waals surface area contributed by atoms with Crippen LogP contribution in [0.1, 0.15) is 43.0 Å². The quantitative estimate of drug-likeness (QED) is 0.152. The predicted molar refractivity (Wildman–Crippen MR) is 180 cm³/mol. The van der Waals surface area contributed by atoms with Gasteiger partial charge in [0.15, 0.2) is 5.69 Å². The third-order valence-corrected chi connectivity index (χ3v) is 9.16. The van der Waals surface area contributed by atoms with Crippen LogP contribution in [0.2, 0.25) is 0 Å². The van der Waals surface area contributed by atoms with Gasteiger partial charge < -0.3 is 9.05 Å². The van der Waals surface area contributed by atoms with Crippen LogP contribution in [0.15, 0.2) is 84.9 Å². The highest BCUT2D eigenvalue weighted by atomic mass is 15.0. The smallest absolute Gasteiger partial charge is 0.332 e. The van der Waals surface area contributed by atoms with Gasteiger partial charge in [-0.3, -0.25) is 0 Å². The molecule has 0 saturated heterocycles. The fourth-order valence-corrected chi connectivity index (χ4v) is 7.46. The van der Waals surface area contributed by atoms with Gasteiger partial charge in [0.2, 0.25) is 0 Å². The van der Waals surface area contributed by atoms with E-state index in [0.717, 1.165) is 44.0 Å². The molecule has 0 unspecified atom stereocenters. The van der Waals surface area contributed by atoms with Crippen molar-refractivity contribution in [3.8, 4) is 23.9 Å². The van der Waals surface area contributed by atoms with Crippen LogP contribution in [0, 0.1) is 40.6 Å². The Morgan fingerprint density at radius 2 is 1.40 bits per heavy atom. The van der Waals surface area contributed by atoms with E-state index in [1.165, 1.54) is 0 Å². The van der Waals surface area contributed by atoms with Crippen molar-refractivity contribution in [1.82, 2.24) is 9.05 Å². The van der Waals surface area contributed by atoms with Crippen molar-refractivity contribution in [3.05, 3.63) is 119 Å². The van der Waals surface area contributed by atoms with Gasteiger partial charge in [-0.1, -0.05) is 69.3 Å². The summed E-state index contributed by atoms with van der Waals surface area (Å²) in [4.78, 5) is 3.67. The Morgan fingerprint density at radius 3 is 2.11 bits per heavy atom. The third-order valence-electron chi connectivity index (χ3n) is 9.16. The summed E-state index contributed by atoms with van der Waals surface area (Å²) in [6, 6.07) is 35.0. The molecule has 5 aromatic carbocycles. The van der Waals surface area contributed by atoms with Crippen molar-refractivity contribution in [1.29, 1.82) is 15.8 Å². The summed E-state index contributed by atoms with van der Waals surface area (Å²) < 4.78 is 4.50. The van der Waals surface area contributed by atoms with Crippen LogP contribution in [-0.4, -0.2) is 15.9 Å². The topological polar surface area (TPSA) is 85.6 Å². The van der Waals surface area contributed by atoms with Crippen LogP contribution < -0.4 is 10.9 Å². The molecule has 0 N–H and O–H groups in total. The van der Waals surface area contributed by atoms with Gasteiger partial charge in [0.05, 0.1) is 57.5 Å².